The van der Waals surface area contributed by atoms with Crippen molar-refractivity contribution in [2.24, 2.45) is 0 Å². The Morgan fingerprint density at radius 3 is 2.49 bits per heavy atom. The van der Waals surface area contributed by atoms with E-state index in [0.717, 1.165) is 28.3 Å². The third-order valence-corrected chi connectivity index (χ3v) is 5.39. The Balaban J connectivity index is 1.21. The minimum atomic E-state index is -0.290. The Kier molecular flexibility index (Phi) is 6.75. The number of ether oxygens (including phenoxy) is 1. The second-order valence-corrected chi connectivity index (χ2v) is 8.07. The highest BCUT2D eigenvalue weighted by Crippen LogP contribution is 2.20. The van der Waals surface area contributed by atoms with Crippen molar-refractivity contribution in [3.63, 3.8) is 0 Å². The van der Waals surface area contributed by atoms with Crippen LogP contribution in [-0.2, 0) is 6.54 Å². The number of aromatic nitrogens is 7. The molecule has 0 aromatic carbocycles. The van der Waals surface area contributed by atoms with Gasteiger partial charge in [-0.25, -0.2) is 15.0 Å². The lowest BCUT2D eigenvalue weighted by atomic mass is 10.1. The van der Waals surface area contributed by atoms with Crippen LogP contribution in [0, 0.1) is 6.92 Å². The molecule has 0 aliphatic heterocycles. The molecule has 0 bridgehead atoms. The number of amides is 1. The number of hydrogen-bond donors (Lipinski definition) is 3. The maximum atomic E-state index is 12.6. The molecule has 0 unspecified atom stereocenters. The van der Waals surface area contributed by atoms with Crippen molar-refractivity contribution < 1.29 is 9.53 Å². The predicted molar refractivity (Wildman–Crippen MR) is 137 cm³/mol. The first-order valence-corrected chi connectivity index (χ1v) is 11.4. The van der Waals surface area contributed by atoms with E-state index in [1.807, 2.05) is 31.2 Å². The summed E-state index contributed by atoms with van der Waals surface area (Å²) in [6.45, 7) is 2.20. The molecule has 5 aromatic rings. The molecule has 0 aliphatic rings. The van der Waals surface area contributed by atoms with Gasteiger partial charge in [0, 0.05) is 60.2 Å². The van der Waals surface area contributed by atoms with Crippen molar-refractivity contribution >= 4 is 17.5 Å². The lowest BCUT2D eigenvalue weighted by Crippen LogP contribution is -2.23. The summed E-state index contributed by atoms with van der Waals surface area (Å²) < 4.78 is 5.08. The summed E-state index contributed by atoms with van der Waals surface area (Å²) in [6.07, 6.45) is 6.66. The number of pyridine rings is 3. The predicted octanol–water partition coefficient (Wildman–Crippen LogP) is 3.71. The van der Waals surface area contributed by atoms with E-state index in [4.69, 9.17) is 4.74 Å². The molecule has 3 N–H and O–H groups in total. The van der Waals surface area contributed by atoms with Crippen LogP contribution in [0.3, 0.4) is 0 Å². The molecule has 0 spiro atoms. The van der Waals surface area contributed by atoms with Gasteiger partial charge in [0.05, 0.1) is 19.0 Å². The average Bonchev–Trinajstić information content (AvgIpc) is 3.45. The van der Waals surface area contributed by atoms with Gasteiger partial charge in [-0.3, -0.25) is 19.9 Å². The molecule has 0 fully saturated rings. The number of aromatic amines is 1. The number of methoxy groups -OCH3 is 1. The summed E-state index contributed by atoms with van der Waals surface area (Å²) in [5.74, 6) is 2.10. The molecule has 11 nitrogen and oxygen atoms in total. The number of hydrogen-bond acceptors (Lipinski definition) is 9. The van der Waals surface area contributed by atoms with Crippen molar-refractivity contribution in [1.82, 2.24) is 40.4 Å². The van der Waals surface area contributed by atoms with Crippen LogP contribution < -0.4 is 15.4 Å². The summed E-state index contributed by atoms with van der Waals surface area (Å²) >= 11 is 0. The van der Waals surface area contributed by atoms with E-state index in [1.165, 1.54) is 0 Å². The van der Waals surface area contributed by atoms with Gasteiger partial charge in [-0.05, 0) is 36.8 Å². The Bertz CT molecular complexity index is 1490. The Morgan fingerprint density at radius 1 is 0.946 bits per heavy atom. The van der Waals surface area contributed by atoms with E-state index in [2.05, 4.69) is 45.8 Å². The normalized spacial score (nSPS) is 10.6. The van der Waals surface area contributed by atoms with Crippen molar-refractivity contribution in [2.45, 2.75) is 13.5 Å². The van der Waals surface area contributed by atoms with Gasteiger partial charge >= 0.3 is 0 Å². The van der Waals surface area contributed by atoms with Crippen LogP contribution in [0.15, 0.2) is 73.3 Å². The average molecular weight is 494 g/mol. The van der Waals surface area contributed by atoms with Crippen molar-refractivity contribution in [2.75, 3.05) is 12.4 Å². The standard InChI is InChI=1S/C26H23N9O2/c1-16-11-23(33-22-9-10-31-35-22)34-25(32-16)19-4-7-21(28-15-19)26(36)30-13-17-3-6-20(27-12-17)18-5-8-24(37-2)29-14-18/h3-12,14-15H,13H2,1-2H3,(H,30,36)(H2,31,32,33,34,35). The molecule has 11 heteroatoms. The smallest absolute Gasteiger partial charge is 0.270 e. The molecule has 0 radical (unpaired) electrons. The van der Waals surface area contributed by atoms with Gasteiger partial charge < -0.3 is 15.4 Å². The first kappa shape index (κ1) is 23.5. The maximum absolute atomic E-state index is 12.6. The molecular formula is C26H23N9O2. The molecule has 0 saturated heterocycles. The van der Waals surface area contributed by atoms with E-state index in [1.54, 1.807) is 56.2 Å². The van der Waals surface area contributed by atoms with Crippen LogP contribution >= 0.6 is 0 Å². The number of anilines is 2. The fourth-order valence-electron chi connectivity index (χ4n) is 3.51. The zero-order valence-corrected chi connectivity index (χ0v) is 20.1. The number of rotatable bonds is 8. The molecular weight excluding hydrogens is 470 g/mol. The lowest BCUT2D eigenvalue weighted by molar-refractivity contribution is 0.0946. The topological polar surface area (TPSA) is 143 Å². The zero-order chi connectivity index (χ0) is 25.6. The van der Waals surface area contributed by atoms with Gasteiger partial charge in [0.1, 0.15) is 17.3 Å². The van der Waals surface area contributed by atoms with Crippen LogP contribution in [0.5, 0.6) is 5.88 Å². The fraction of sp³-hybridized carbons (Fsp3) is 0.115. The SMILES string of the molecule is COc1ccc(-c2ccc(CNC(=O)c3ccc(-c4nc(C)cc(Nc5ccn[nH]5)n4)cn3)cn2)cn1. The summed E-state index contributed by atoms with van der Waals surface area (Å²) in [5.41, 5.74) is 4.30. The van der Waals surface area contributed by atoms with E-state index < -0.39 is 0 Å². The highest BCUT2D eigenvalue weighted by atomic mass is 16.5. The third kappa shape index (κ3) is 5.73. The first-order chi connectivity index (χ1) is 18.1. The minimum absolute atomic E-state index is 0.290. The number of carbonyl (C=O) groups is 1. The molecule has 37 heavy (non-hydrogen) atoms. The largest absolute Gasteiger partial charge is 0.481 e. The van der Waals surface area contributed by atoms with E-state index >= 15 is 0 Å². The monoisotopic (exact) mass is 493 g/mol. The number of carbonyl (C=O) groups excluding carboxylic acids is 1. The van der Waals surface area contributed by atoms with Gasteiger partial charge in [0.25, 0.3) is 5.91 Å². The van der Waals surface area contributed by atoms with Gasteiger partial charge in [0.15, 0.2) is 5.82 Å². The maximum Gasteiger partial charge on any atom is 0.270 e. The Labute approximate surface area is 212 Å². The van der Waals surface area contributed by atoms with Crippen molar-refractivity contribution in [1.29, 1.82) is 0 Å². The van der Waals surface area contributed by atoms with Crippen LogP contribution in [0.4, 0.5) is 11.6 Å². The van der Waals surface area contributed by atoms with E-state index in [-0.39, 0.29) is 5.91 Å². The Hall–Kier alpha value is -5.19. The van der Waals surface area contributed by atoms with Crippen molar-refractivity contribution in [3.05, 3.63) is 90.3 Å². The molecule has 0 saturated carbocycles. The highest BCUT2D eigenvalue weighted by Gasteiger charge is 2.11. The van der Waals surface area contributed by atoms with Gasteiger partial charge in [-0.1, -0.05) is 6.07 Å². The van der Waals surface area contributed by atoms with Crippen molar-refractivity contribution in [3.8, 4) is 28.5 Å². The number of H-pyrrole nitrogens is 1. The molecule has 0 atom stereocenters. The second-order valence-electron chi connectivity index (χ2n) is 8.07. The number of nitrogens with zero attached hydrogens (tertiary/aromatic N) is 6. The number of nitrogens with one attached hydrogen (secondary N) is 3. The first-order valence-electron chi connectivity index (χ1n) is 11.4. The second kappa shape index (κ2) is 10.6. The van der Waals surface area contributed by atoms with Gasteiger partial charge in [0.2, 0.25) is 5.88 Å². The zero-order valence-electron chi connectivity index (χ0n) is 20.1. The molecule has 184 valence electrons. The van der Waals surface area contributed by atoms with Crippen LogP contribution in [-0.4, -0.2) is 48.1 Å². The van der Waals surface area contributed by atoms with Crippen LogP contribution in [0.25, 0.3) is 22.6 Å². The Morgan fingerprint density at radius 2 is 1.81 bits per heavy atom. The highest BCUT2D eigenvalue weighted by molar-refractivity contribution is 5.92. The van der Waals surface area contributed by atoms with Crippen LogP contribution in [0.2, 0.25) is 0 Å². The summed E-state index contributed by atoms with van der Waals surface area (Å²) in [6, 6.07) is 14.5. The van der Waals surface area contributed by atoms with E-state index in [0.29, 0.717) is 35.3 Å². The summed E-state index contributed by atoms with van der Waals surface area (Å²) in [5, 5.41) is 12.8. The molecule has 1 amide bonds. The third-order valence-electron chi connectivity index (χ3n) is 5.39. The summed E-state index contributed by atoms with van der Waals surface area (Å²) in [7, 11) is 1.57. The minimum Gasteiger partial charge on any atom is -0.481 e. The molecule has 0 aliphatic carbocycles. The lowest BCUT2D eigenvalue weighted by Gasteiger charge is -2.08. The number of aryl methyl sites for hydroxylation is 1. The van der Waals surface area contributed by atoms with E-state index in [9.17, 15) is 4.79 Å². The summed E-state index contributed by atoms with van der Waals surface area (Å²) in [4.78, 5) is 34.6. The van der Waals surface area contributed by atoms with Crippen LogP contribution in [0.1, 0.15) is 21.7 Å². The van der Waals surface area contributed by atoms with Gasteiger partial charge in [-0.2, -0.15) is 5.10 Å². The molecule has 5 heterocycles. The molecule has 5 rings (SSSR count). The quantitative estimate of drug-likeness (QED) is 0.295. The van der Waals surface area contributed by atoms with Gasteiger partial charge in [-0.15, -0.1) is 0 Å². The molecule has 5 aromatic heterocycles. The fourth-order valence-corrected chi connectivity index (χ4v) is 3.51.